The molecule has 0 aliphatic heterocycles. The summed E-state index contributed by atoms with van der Waals surface area (Å²) in [7, 11) is 1.56. The van der Waals surface area contributed by atoms with Crippen LogP contribution in [0.2, 0.25) is 0 Å². The average molecular weight is 323 g/mol. The highest BCUT2D eigenvalue weighted by atomic mass is 32.1. The van der Waals surface area contributed by atoms with Crippen molar-refractivity contribution in [2.75, 3.05) is 7.05 Å². The van der Waals surface area contributed by atoms with Gasteiger partial charge in [0.05, 0.1) is 11.4 Å². The number of fused-ring (bicyclic) bond motifs is 1. The van der Waals surface area contributed by atoms with Crippen LogP contribution in [0.15, 0.2) is 11.6 Å². The summed E-state index contributed by atoms with van der Waals surface area (Å²) in [6, 6.07) is 0. The van der Waals surface area contributed by atoms with Crippen molar-refractivity contribution >= 4 is 28.7 Å². The summed E-state index contributed by atoms with van der Waals surface area (Å²) in [4.78, 5) is 30.8. The van der Waals surface area contributed by atoms with Gasteiger partial charge in [0.15, 0.2) is 11.2 Å². The lowest BCUT2D eigenvalue weighted by atomic mass is 9.96. The van der Waals surface area contributed by atoms with E-state index in [1.165, 1.54) is 16.2 Å². The van der Waals surface area contributed by atoms with Crippen molar-refractivity contribution in [2.45, 2.75) is 45.8 Å². The summed E-state index contributed by atoms with van der Waals surface area (Å²) < 4.78 is 7.22. The lowest BCUT2D eigenvalue weighted by molar-refractivity contribution is -0.117. The van der Waals surface area contributed by atoms with E-state index in [1.54, 1.807) is 34.7 Å². The topological polar surface area (TPSA) is 63.9 Å². The maximum Gasteiger partial charge on any atom is 0.411 e. The quantitative estimate of drug-likeness (QED) is 0.815. The Hall–Kier alpha value is -1.89. The van der Waals surface area contributed by atoms with Crippen LogP contribution in [0.1, 0.15) is 39.1 Å². The number of amides is 1. The maximum atomic E-state index is 12.4. The van der Waals surface area contributed by atoms with Gasteiger partial charge in [-0.15, -0.1) is 11.3 Å². The normalized spacial score (nSPS) is 14.6. The molecule has 2 aromatic heterocycles. The van der Waals surface area contributed by atoms with Crippen LogP contribution in [-0.4, -0.2) is 39.3 Å². The highest BCUT2D eigenvalue weighted by molar-refractivity contribution is 7.15. The second-order valence-corrected chi connectivity index (χ2v) is 7.28. The molecule has 1 unspecified atom stereocenters. The molecule has 2 heterocycles. The van der Waals surface area contributed by atoms with E-state index in [4.69, 9.17) is 4.74 Å². The summed E-state index contributed by atoms with van der Waals surface area (Å²) in [5.74, 6) is 0. The number of thiazole rings is 1. The van der Waals surface area contributed by atoms with Gasteiger partial charge in [0, 0.05) is 18.6 Å². The van der Waals surface area contributed by atoms with Gasteiger partial charge in [-0.1, -0.05) is 0 Å². The van der Waals surface area contributed by atoms with E-state index >= 15 is 0 Å². The van der Waals surface area contributed by atoms with Crippen LogP contribution < -0.4 is 0 Å². The molecule has 0 spiro atoms. The van der Waals surface area contributed by atoms with Crippen molar-refractivity contribution < 1.29 is 14.3 Å². The summed E-state index contributed by atoms with van der Waals surface area (Å²) in [6.45, 7) is 8.90. The molecular formula is C15H21N3O3S. The predicted octanol–water partition coefficient (Wildman–Crippen LogP) is 2.99. The van der Waals surface area contributed by atoms with Crippen molar-refractivity contribution in [2.24, 2.45) is 0 Å². The number of aryl methyl sites for hydroxylation is 1. The molecule has 0 saturated heterocycles. The van der Waals surface area contributed by atoms with Gasteiger partial charge in [0.1, 0.15) is 11.1 Å². The number of carbonyl (C=O) groups is 2. The molecule has 0 aliphatic carbocycles. The average Bonchev–Trinajstić information content (AvgIpc) is 2.94. The number of imidazole rings is 1. The van der Waals surface area contributed by atoms with Gasteiger partial charge in [-0.2, -0.15) is 0 Å². The Labute approximate surface area is 133 Å². The second-order valence-electron chi connectivity index (χ2n) is 6.41. The fourth-order valence-electron chi connectivity index (χ4n) is 2.32. The number of likely N-dealkylation sites (N-methyl/N-ethyl adjacent to an activating group) is 1. The number of nitrogens with zero attached hydrogens (tertiary/aromatic N) is 3. The number of aldehydes is 1. The van der Waals surface area contributed by atoms with Gasteiger partial charge < -0.3 is 9.53 Å². The van der Waals surface area contributed by atoms with Crippen LogP contribution in [0.4, 0.5) is 4.79 Å². The van der Waals surface area contributed by atoms with Gasteiger partial charge >= 0.3 is 6.09 Å². The number of rotatable bonds is 3. The number of carbonyl (C=O) groups excluding carboxylic acids is 2. The standard InChI is InChI=1S/C15H21N3O3S/c1-10-11(18-7-8-22-12(18)16-10)15(5,9-19)17(6)13(20)21-14(2,3)4/h7-9H,1-6H3. The Kier molecular flexibility index (Phi) is 4.04. The van der Waals surface area contributed by atoms with E-state index in [9.17, 15) is 9.59 Å². The monoisotopic (exact) mass is 323 g/mol. The van der Waals surface area contributed by atoms with E-state index in [2.05, 4.69) is 4.98 Å². The largest absolute Gasteiger partial charge is 0.444 e. The van der Waals surface area contributed by atoms with Crippen LogP contribution in [0, 0.1) is 6.92 Å². The number of aromatic nitrogens is 2. The fourth-order valence-corrected chi connectivity index (χ4v) is 3.08. The Morgan fingerprint density at radius 3 is 2.59 bits per heavy atom. The first kappa shape index (κ1) is 16.5. The first-order valence-corrected chi connectivity index (χ1v) is 7.84. The highest BCUT2D eigenvalue weighted by Gasteiger charge is 2.40. The molecule has 1 atom stereocenters. The van der Waals surface area contributed by atoms with Crippen LogP contribution in [0.3, 0.4) is 0 Å². The summed E-state index contributed by atoms with van der Waals surface area (Å²) in [5.41, 5.74) is -0.393. The molecule has 0 radical (unpaired) electrons. The van der Waals surface area contributed by atoms with Crippen molar-refractivity contribution in [3.8, 4) is 0 Å². The minimum atomic E-state index is -1.16. The van der Waals surface area contributed by atoms with Crippen molar-refractivity contribution in [1.29, 1.82) is 0 Å². The Morgan fingerprint density at radius 2 is 2.05 bits per heavy atom. The molecular weight excluding hydrogens is 302 g/mol. The molecule has 2 rings (SSSR count). The third kappa shape index (κ3) is 2.72. The molecule has 0 aromatic carbocycles. The highest BCUT2D eigenvalue weighted by Crippen LogP contribution is 2.31. The molecule has 0 bridgehead atoms. The van der Waals surface area contributed by atoms with Crippen LogP contribution >= 0.6 is 11.3 Å². The van der Waals surface area contributed by atoms with Crippen LogP contribution in [0.5, 0.6) is 0 Å². The van der Waals surface area contributed by atoms with Crippen LogP contribution in [0.25, 0.3) is 4.96 Å². The molecule has 0 saturated carbocycles. The van der Waals surface area contributed by atoms with E-state index in [0.717, 1.165) is 16.9 Å². The Bertz CT molecular complexity index is 713. The fraction of sp³-hybridized carbons (Fsp3) is 0.533. The van der Waals surface area contributed by atoms with Crippen molar-refractivity contribution in [1.82, 2.24) is 14.3 Å². The summed E-state index contributed by atoms with van der Waals surface area (Å²) in [5, 5.41) is 1.89. The molecule has 2 aromatic rings. The first-order valence-electron chi connectivity index (χ1n) is 6.96. The lowest BCUT2D eigenvalue weighted by Crippen LogP contribution is -2.49. The Morgan fingerprint density at radius 1 is 1.41 bits per heavy atom. The molecule has 0 N–H and O–H groups in total. The molecule has 7 heteroatoms. The second kappa shape index (κ2) is 5.39. The zero-order chi connectivity index (χ0) is 16.7. The number of ether oxygens (including phenoxy) is 1. The summed E-state index contributed by atoms with van der Waals surface area (Å²) in [6.07, 6.45) is 2.05. The minimum Gasteiger partial charge on any atom is -0.444 e. The maximum absolute atomic E-state index is 12.4. The third-order valence-corrected chi connectivity index (χ3v) is 4.27. The molecule has 120 valence electrons. The molecule has 0 aliphatic rings. The molecule has 22 heavy (non-hydrogen) atoms. The van der Waals surface area contributed by atoms with E-state index in [1.807, 2.05) is 22.9 Å². The number of hydrogen-bond acceptors (Lipinski definition) is 5. The Balaban J connectivity index is 2.48. The van der Waals surface area contributed by atoms with Crippen LogP contribution in [-0.2, 0) is 15.1 Å². The van der Waals surface area contributed by atoms with E-state index in [0.29, 0.717) is 5.69 Å². The van der Waals surface area contributed by atoms with Gasteiger partial charge in [0.2, 0.25) is 0 Å². The van der Waals surface area contributed by atoms with E-state index in [-0.39, 0.29) is 0 Å². The lowest BCUT2D eigenvalue weighted by Gasteiger charge is -2.35. The third-order valence-electron chi connectivity index (χ3n) is 3.51. The van der Waals surface area contributed by atoms with Crippen molar-refractivity contribution in [3.63, 3.8) is 0 Å². The first-order chi connectivity index (χ1) is 10.1. The predicted molar refractivity (Wildman–Crippen MR) is 85.2 cm³/mol. The molecule has 0 fully saturated rings. The molecule has 1 amide bonds. The summed E-state index contributed by atoms with van der Waals surface area (Å²) >= 11 is 1.48. The number of hydrogen-bond donors (Lipinski definition) is 0. The van der Waals surface area contributed by atoms with Gasteiger partial charge in [-0.25, -0.2) is 9.78 Å². The zero-order valence-electron chi connectivity index (χ0n) is 13.7. The zero-order valence-corrected chi connectivity index (χ0v) is 14.5. The van der Waals surface area contributed by atoms with Gasteiger partial charge in [0.25, 0.3) is 0 Å². The molecule has 6 nitrogen and oxygen atoms in total. The van der Waals surface area contributed by atoms with E-state index < -0.39 is 17.2 Å². The minimum absolute atomic E-state index is 0.549. The van der Waals surface area contributed by atoms with Crippen molar-refractivity contribution in [3.05, 3.63) is 23.0 Å². The smallest absolute Gasteiger partial charge is 0.411 e. The van der Waals surface area contributed by atoms with Gasteiger partial charge in [-0.05, 0) is 34.6 Å². The SMILES string of the molecule is Cc1nc2sccn2c1C(C)(C=O)N(C)C(=O)OC(C)(C)C. The van der Waals surface area contributed by atoms with Gasteiger partial charge in [-0.3, -0.25) is 9.30 Å².